The Balaban J connectivity index is 2.56. The second-order valence-electron chi connectivity index (χ2n) is 3.48. The highest BCUT2D eigenvalue weighted by Crippen LogP contribution is 2.22. The summed E-state index contributed by atoms with van der Waals surface area (Å²) < 4.78 is 31.5. The molecule has 0 saturated carbocycles. The third-order valence-electron chi connectivity index (χ3n) is 2.06. The maximum Gasteiger partial charge on any atom is 0.264 e. The lowest BCUT2D eigenvalue weighted by molar-refractivity contribution is 0.0479. The monoisotopic (exact) mass is 233 g/mol. The second-order valence-corrected chi connectivity index (χ2v) is 5.13. The van der Waals surface area contributed by atoms with Gasteiger partial charge < -0.3 is 4.74 Å². The van der Waals surface area contributed by atoms with Crippen molar-refractivity contribution in [1.82, 2.24) is 0 Å². The summed E-state index contributed by atoms with van der Waals surface area (Å²) in [6, 6.07) is -0.402. The fourth-order valence-corrected chi connectivity index (χ4v) is 1.85. The standard InChI is InChI=1S/C6H12BN3O4S/c1-15(11,12)13-3-5-4(9-10-8)2-6(7)14-5/h4-6H,2-3,7H2,1H3/t4-,5-,6+/m0/s1. The van der Waals surface area contributed by atoms with Crippen molar-refractivity contribution >= 4 is 18.0 Å². The highest BCUT2D eigenvalue weighted by atomic mass is 32.2. The predicted molar refractivity (Wildman–Crippen MR) is 55.6 cm³/mol. The Morgan fingerprint density at radius 3 is 2.93 bits per heavy atom. The normalized spacial score (nSPS) is 31.1. The van der Waals surface area contributed by atoms with Crippen LogP contribution in [-0.2, 0) is 19.0 Å². The van der Waals surface area contributed by atoms with E-state index in [0.29, 0.717) is 6.42 Å². The largest absolute Gasteiger partial charge is 0.381 e. The second kappa shape index (κ2) is 4.85. The van der Waals surface area contributed by atoms with E-state index in [0.717, 1.165) is 6.26 Å². The highest BCUT2D eigenvalue weighted by molar-refractivity contribution is 7.85. The summed E-state index contributed by atoms with van der Waals surface area (Å²) in [4.78, 5) is 2.69. The van der Waals surface area contributed by atoms with Gasteiger partial charge >= 0.3 is 0 Å². The van der Waals surface area contributed by atoms with Gasteiger partial charge in [0.05, 0.1) is 25.0 Å². The predicted octanol–water partition coefficient (Wildman–Crippen LogP) is -0.610. The topological polar surface area (TPSA) is 101 Å². The summed E-state index contributed by atoms with van der Waals surface area (Å²) >= 11 is 0. The van der Waals surface area contributed by atoms with Gasteiger partial charge in [0.25, 0.3) is 10.1 Å². The Bertz CT molecular complexity index is 367. The third-order valence-corrected chi connectivity index (χ3v) is 2.62. The Labute approximate surface area is 88.9 Å². The van der Waals surface area contributed by atoms with Crippen molar-refractivity contribution in [3.8, 4) is 0 Å². The molecule has 0 amide bonds. The SMILES string of the molecule is B[C@H]1C[C@H](N=[N+]=[N-])[C@H](COS(C)(=O)=O)O1. The zero-order valence-electron chi connectivity index (χ0n) is 8.53. The lowest BCUT2D eigenvalue weighted by Crippen LogP contribution is -2.26. The van der Waals surface area contributed by atoms with Crippen molar-refractivity contribution < 1.29 is 17.3 Å². The van der Waals surface area contributed by atoms with Crippen molar-refractivity contribution in [3.63, 3.8) is 0 Å². The number of nitrogens with zero attached hydrogens (tertiary/aromatic N) is 3. The van der Waals surface area contributed by atoms with Gasteiger partial charge in [0.2, 0.25) is 0 Å². The Morgan fingerprint density at radius 2 is 2.40 bits per heavy atom. The van der Waals surface area contributed by atoms with Gasteiger partial charge in [0.1, 0.15) is 7.85 Å². The summed E-state index contributed by atoms with van der Waals surface area (Å²) in [5, 5.41) is 3.54. The van der Waals surface area contributed by atoms with Gasteiger partial charge in [-0.15, -0.1) is 0 Å². The lowest BCUT2D eigenvalue weighted by atomic mass is 9.95. The number of ether oxygens (including phenoxy) is 1. The fourth-order valence-electron chi connectivity index (χ4n) is 1.47. The van der Waals surface area contributed by atoms with Crippen LogP contribution in [0.2, 0.25) is 0 Å². The molecule has 1 heterocycles. The summed E-state index contributed by atoms with van der Waals surface area (Å²) in [6.07, 6.45) is 1.07. The van der Waals surface area contributed by atoms with Crippen LogP contribution in [0.1, 0.15) is 6.42 Å². The van der Waals surface area contributed by atoms with Gasteiger partial charge in [-0.3, -0.25) is 4.18 Å². The Hall–Kier alpha value is -0.755. The van der Waals surface area contributed by atoms with Crippen LogP contribution in [0.15, 0.2) is 5.11 Å². The van der Waals surface area contributed by atoms with Crippen LogP contribution >= 0.6 is 0 Å². The van der Waals surface area contributed by atoms with E-state index in [4.69, 9.17) is 10.3 Å². The van der Waals surface area contributed by atoms with Crippen LogP contribution < -0.4 is 0 Å². The van der Waals surface area contributed by atoms with Crippen molar-refractivity contribution in [2.24, 2.45) is 5.11 Å². The molecule has 3 atom stereocenters. The van der Waals surface area contributed by atoms with E-state index in [-0.39, 0.29) is 18.7 Å². The molecule has 0 aromatic heterocycles. The minimum atomic E-state index is -3.48. The molecule has 1 aliphatic rings. The molecule has 1 fully saturated rings. The maximum absolute atomic E-state index is 10.8. The summed E-state index contributed by atoms with van der Waals surface area (Å²) in [5.41, 5.74) is 8.30. The number of hydrogen-bond acceptors (Lipinski definition) is 5. The molecule has 15 heavy (non-hydrogen) atoms. The molecular weight excluding hydrogens is 221 g/mol. The first-order valence-electron chi connectivity index (χ1n) is 4.46. The fraction of sp³-hybridized carbons (Fsp3) is 1.00. The minimum Gasteiger partial charge on any atom is -0.381 e. The van der Waals surface area contributed by atoms with Crippen LogP contribution in [0.25, 0.3) is 10.4 Å². The molecule has 84 valence electrons. The van der Waals surface area contributed by atoms with Gasteiger partial charge in [-0.05, 0) is 12.0 Å². The maximum atomic E-state index is 10.8. The first-order valence-corrected chi connectivity index (χ1v) is 6.28. The van der Waals surface area contributed by atoms with Gasteiger partial charge in [0, 0.05) is 10.9 Å². The molecule has 0 N–H and O–H groups in total. The number of hydrogen-bond donors (Lipinski definition) is 0. The van der Waals surface area contributed by atoms with E-state index in [1.54, 1.807) is 0 Å². The smallest absolute Gasteiger partial charge is 0.264 e. The van der Waals surface area contributed by atoms with E-state index in [2.05, 4.69) is 14.2 Å². The van der Waals surface area contributed by atoms with E-state index in [1.165, 1.54) is 0 Å². The van der Waals surface area contributed by atoms with Gasteiger partial charge in [0.15, 0.2) is 0 Å². The van der Waals surface area contributed by atoms with Crippen molar-refractivity contribution in [3.05, 3.63) is 10.4 Å². The van der Waals surface area contributed by atoms with E-state index < -0.39 is 16.2 Å². The number of rotatable bonds is 4. The van der Waals surface area contributed by atoms with E-state index in [1.807, 2.05) is 7.85 Å². The molecule has 7 nitrogen and oxygen atoms in total. The molecule has 0 spiro atoms. The van der Waals surface area contributed by atoms with Crippen molar-refractivity contribution in [2.45, 2.75) is 24.6 Å². The average molecular weight is 233 g/mol. The van der Waals surface area contributed by atoms with Crippen LogP contribution in [-0.4, -0.2) is 47.3 Å². The van der Waals surface area contributed by atoms with Gasteiger partial charge in [-0.1, -0.05) is 5.11 Å². The van der Waals surface area contributed by atoms with Gasteiger partial charge in [-0.2, -0.15) is 8.42 Å². The van der Waals surface area contributed by atoms with Gasteiger partial charge in [-0.25, -0.2) is 0 Å². The zero-order chi connectivity index (χ0) is 11.5. The molecular formula is C6H12BN3O4S. The average Bonchev–Trinajstić information content (AvgIpc) is 2.42. The molecule has 0 aliphatic carbocycles. The quantitative estimate of drug-likeness (QED) is 0.212. The molecule has 1 aliphatic heterocycles. The van der Waals surface area contributed by atoms with Crippen LogP contribution in [0.4, 0.5) is 0 Å². The minimum absolute atomic E-state index is 0.0475. The first-order chi connectivity index (χ1) is 6.92. The molecule has 0 aromatic carbocycles. The molecule has 0 bridgehead atoms. The number of azide groups is 1. The summed E-state index contributed by atoms with van der Waals surface area (Å²) in [6.45, 7) is -0.104. The Morgan fingerprint density at radius 1 is 1.73 bits per heavy atom. The van der Waals surface area contributed by atoms with Crippen molar-refractivity contribution in [1.29, 1.82) is 0 Å². The molecule has 0 unspecified atom stereocenters. The van der Waals surface area contributed by atoms with E-state index in [9.17, 15) is 8.42 Å². The molecule has 0 radical (unpaired) electrons. The summed E-state index contributed by atoms with van der Waals surface area (Å²) in [7, 11) is -1.65. The molecule has 1 rings (SSSR count). The van der Waals surface area contributed by atoms with E-state index >= 15 is 0 Å². The van der Waals surface area contributed by atoms with Crippen molar-refractivity contribution in [2.75, 3.05) is 12.9 Å². The third kappa shape index (κ3) is 4.09. The highest BCUT2D eigenvalue weighted by Gasteiger charge is 2.32. The van der Waals surface area contributed by atoms with Crippen LogP contribution in [0.5, 0.6) is 0 Å². The molecule has 1 saturated heterocycles. The molecule has 9 heteroatoms. The summed E-state index contributed by atoms with van der Waals surface area (Å²) in [5.74, 6) is 0. The Kier molecular flexibility index (Phi) is 3.98. The zero-order valence-corrected chi connectivity index (χ0v) is 9.35. The molecule has 0 aromatic rings. The van der Waals surface area contributed by atoms with Crippen LogP contribution in [0.3, 0.4) is 0 Å². The lowest BCUT2D eigenvalue weighted by Gasteiger charge is -2.13. The first kappa shape index (κ1) is 12.3. The van der Waals surface area contributed by atoms with Crippen LogP contribution in [0, 0.1) is 0 Å².